The average molecular weight is 446 g/mol. The normalized spacial score (nSPS) is 18.0. The lowest BCUT2D eigenvalue weighted by Gasteiger charge is -2.50. The molecule has 0 saturated carbocycles. The predicted octanol–water partition coefficient (Wildman–Crippen LogP) is 6.57. The third-order valence-corrected chi connectivity index (χ3v) is 6.47. The van der Waals surface area contributed by atoms with Gasteiger partial charge in [0.2, 0.25) is 0 Å². The topological polar surface area (TPSA) is 44.7 Å². The van der Waals surface area contributed by atoms with Gasteiger partial charge >= 0.3 is 0 Å². The summed E-state index contributed by atoms with van der Waals surface area (Å²) in [6, 6.07) is 9.61. The van der Waals surface area contributed by atoms with Gasteiger partial charge in [0.15, 0.2) is 0 Å². The molecule has 1 atom stereocenters. The second-order valence-corrected chi connectivity index (χ2v) is 9.79. The van der Waals surface area contributed by atoms with Gasteiger partial charge in [-0.05, 0) is 94.0 Å². The first kappa shape index (κ1) is 22.6. The summed E-state index contributed by atoms with van der Waals surface area (Å²) in [6.07, 6.45) is 2.79. The van der Waals surface area contributed by atoms with Crippen LogP contribution in [0.25, 0.3) is 0 Å². The highest BCUT2D eigenvalue weighted by molar-refractivity contribution is 6.42. The van der Waals surface area contributed by atoms with E-state index in [2.05, 4.69) is 69.1 Å². The van der Waals surface area contributed by atoms with Gasteiger partial charge in [0.25, 0.3) is 5.91 Å². The van der Waals surface area contributed by atoms with Gasteiger partial charge in [-0.2, -0.15) is 5.10 Å². The zero-order valence-electron chi connectivity index (χ0n) is 18.4. The van der Waals surface area contributed by atoms with Crippen LogP contribution in [0.2, 0.25) is 10.0 Å². The van der Waals surface area contributed by atoms with Crippen molar-refractivity contribution in [1.29, 1.82) is 0 Å². The smallest absolute Gasteiger partial charge is 0.271 e. The van der Waals surface area contributed by atoms with E-state index >= 15 is 0 Å². The number of hydrogen-bond donors (Lipinski definition) is 1. The molecule has 4 nitrogen and oxygen atoms in total. The first-order valence-corrected chi connectivity index (χ1v) is 11.0. The molecule has 2 aromatic rings. The maximum atomic E-state index is 12.3. The Morgan fingerprint density at radius 3 is 2.57 bits per heavy atom. The summed E-state index contributed by atoms with van der Waals surface area (Å²) in [6.45, 7) is 13.5. The molecule has 2 aromatic carbocycles. The number of halogens is 2. The highest BCUT2D eigenvalue weighted by Crippen LogP contribution is 2.45. The maximum Gasteiger partial charge on any atom is 0.271 e. The van der Waals surface area contributed by atoms with Crippen LogP contribution in [0.4, 0.5) is 5.69 Å². The Labute approximate surface area is 189 Å². The van der Waals surface area contributed by atoms with E-state index in [1.54, 1.807) is 18.3 Å². The van der Waals surface area contributed by atoms with Gasteiger partial charge < -0.3 is 4.90 Å². The Kier molecular flexibility index (Phi) is 6.49. The van der Waals surface area contributed by atoms with Crippen LogP contribution in [0.1, 0.15) is 74.0 Å². The molecule has 0 aromatic heterocycles. The van der Waals surface area contributed by atoms with Gasteiger partial charge in [-0.25, -0.2) is 5.43 Å². The lowest BCUT2D eigenvalue weighted by Crippen LogP contribution is -2.51. The average Bonchev–Trinajstić information content (AvgIpc) is 2.63. The lowest BCUT2D eigenvalue weighted by atomic mass is 9.78. The number of rotatable bonds is 4. The molecule has 6 heteroatoms. The van der Waals surface area contributed by atoms with Crippen molar-refractivity contribution in [1.82, 2.24) is 5.43 Å². The minimum atomic E-state index is -0.332. The molecule has 160 valence electrons. The number of anilines is 1. The fourth-order valence-corrected chi connectivity index (χ4v) is 4.89. The van der Waals surface area contributed by atoms with E-state index in [0.717, 1.165) is 17.5 Å². The van der Waals surface area contributed by atoms with E-state index in [9.17, 15) is 4.79 Å². The molecular formula is C24H29Cl2N3O. The van der Waals surface area contributed by atoms with E-state index in [4.69, 9.17) is 23.2 Å². The number of nitrogens with one attached hydrogen (secondary N) is 1. The van der Waals surface area contributed by atoms with E-state index in [1.807, 2.05) is 0 Å². The Hall–Kier alpha value is -2.04. The van der Waals surface area contributed by atoms with E-state index in [-0.39, 0.29) is 11.4 Å². The third kappa shape index (κ3) is 4.50. The van der Waals surface area contributed by atoms with Crippen molar-refractivity contribution < 1.29 is 4.79 Å². The van der Waals surface area contributed by atoms with Crippen LogP contribution >= 0.6 is 23.2 Å². The number of fused-ring (bicyclic) bond motifs is 1. The van der Waals surface area contributed by atoms with Crippen molar-refractivity contribution in [2.24, 2.45) is 5.10 Å². The molecule has 0 spiro atoms. The van der Waals surface area contributed by atoms with Gasteiger partial charge in [-0.1, -0.05) is 30.1 Å². The molecule has 0 fully saturated rings. The van der Waals surface area contributed by atoms with Crippen LogP contribution in [-0.4, -0.2) is 23.7 Å². The molecule has 1 N–H and O–H groups in total. The van der Waals surface area contributed by atoms with Crippen molar-refractivity contribution in [3.05, 3.63) is 62.6 Å². The second-order valence-electron chi connectivity index (χ2n) is 8.98. The van der Waals surface area contributed by atoms with Crippen LogP contribution in [0.15, 0.2) is 35.4 Å². The summed E-state index contributed by atoms with van der Waals surface area (Å²) >= 11 is 11.9. The lowest BCUT2D eigenvalue weighted by molar-refractivity contribution is 0.0955. The summed E-state index contributed by atoms with van der Waals surface area (Å²) in [4.78, 5) is 14.8. The number of carbonyl (C=O) groups is 1. The summed E-state index contributed by atoms with van der Waals surface area (Å²) in [5, 5.41) is 4.92. The Bertz CT molecular complexity index is 998. The van der Waals surface area contributed by atoms with E-state index in [1.165, 1.54) is 17.3 Å². The van der Waals surface area contributed by atoms with Gasteiger partial charge in [0.05, 0.1) is 16.3 Å². The van der Waals surface area contributed by atoms with Crippen molar-refractivity contribution >= 4 is 41.0 Å². The zero-order valence-corrected chi connectivity index (χ0v) is 19.9. The molecule has 0 radical (unpaired) electrons. The molecule has 1 heterocycles. The summed E-state index contributed by atoms with van der Waals surface area (Å²) in [5.74, 6) is 0.116. The monoisotopic (exact) mass is 445 g/mol. The second kappa shape index (κ2) is 8.60. The molecule has 1 amide bonds. The van der Waals surface area contributed by atoms with Gasteiger partial charge in [0.1, 0.15) is 0 Å². The minimum absolute atomic E-state index is 0.108. The summed E-state index contributed by atoms with van der Waals surface area (Å²) in [5.41, 5.74) is 7.83. The highest BCUT2D eigenvalue weighted by atomic mass is 35.5. The number of carbonyl (C=O) groups excluding carboxylic acids is 1. The van der Waals surface area contributed by atoms with Crippen molar-refractivity contribution in [3.63, 3.8) is 0 Å². The fourth-order valence-electron chi connectivity index (χ4n) is 4.59. The van der Waals surface area contributed by atoms with E-state index in [0.29, 0.717) is 27.6 Å². The molecule has 1 aliphatic heterocycles. The number of benzene rings is 2. The zero-order chi connectivity index (χ0) is 22.2. The minimum Gasteiger partial charge on any atom is -0.364 e. The largest absolute Gasteiger partial charge is 0.364 e. The number of amides is 1. The van der Waals surface area contributed by atoms with Crippen LogP contribution < -0.4 is 10.3 Å². The van der Waals surface area contributed by atoms with Crippen LogP contribution in [0.3, 0.4) is 0 Å². The fraction of sp³-hybridized carbons (Fsp3) is 0.417. The number of hydrazone groups is 1. The SMILES string of the molecule is Cc1cc2c(cc1/C=N\NC(=O)c1ccc(Cl)c(Cl)c1)[C@@H](C)CC(C)(C)N2C(C)C. The van der Waals surface area contributed by atoms with Crippen molar-refractivity contribution in [2.45, 2.75) is 65.5 Å². The quantitative estimate of drug-likeness (QED) is 0.427. The van der Waals surface area contributed by atoms with Gasteiger partial charge in [0, 0.05) is 22.8 Å². The molecule has 30 heavy (non-hydrogen) atoms. The van der Waals surface area contributed by atoms with Crippen LogP contribution in [0.5, 0.6) is 0 Å². The maximum absolute atomic E-state index is 12.3. The van der Waals surface area contributed by atoms with Crippen molar-refractivity contribution in [2.75, 3.05) is 4.90 Å². The molecule has 0 bridgehead atoms. The van der Waals surface area contributed by atoms with Crippen LogP contribution in [0, 0.1) is 6.92 Å². The number of aryl methyl sites for hydroxylation is 1. The highest BCUT2D eigenvalue weighted by Gasteiger charge is 2.37. The molecule has 0 unspecified atom stereocenters. The molecule has 1 aliphatic rings. The number of hydrogen-bond acceptors (Lipinski definition) is 3. The first-order chi connectivity index (χ1) is 14.0. The summed E-state index contributed by atoms with van der Waals surface area (Å²) < 4.78 is 0. The van der Waals surface area contributed by atoms with Gasteiger partial charge in [-0.3, -0.25) is 4.79 Å². The Morgan fingerprint density at radius 2 is 1.93 bits per heavy atom. The number of nitrogens with zero attached hydrogens (tertiary/aromatic N) is 2. The molecular weight excluding hydrogens is 417 g/mol. The third-order valence-electron chi connectivity index (χ3n) is 5.73. The molecule has 3 rings (SSSR count). The molecule has 0 aliphatic carbocycles. The van der Waals surface area contributed by atoms with Crippen molar-refractivity contribution in [3.8, 4) is 0 Å². The molecule has 0 saturated heterocycles. The van der Waals surface area contributed by atoms with Crippen LogP contribution in [-0.2, 0) is 0 Å². The Morgan fingerprint density at radius 1 is 1.23 bits per heavy atom. The van der Waals surface area contributed by atoms with E-state index < -0.39 is 0 Å². The predicted molar refractivity (Wildman–Crippen MR) is 127 cm³/mol. The Balaban J connectivity index is 1.85. The first-order valence-electron chi connectivity index (χ1n) is 10.2. The standard InChI is InChI=1S/C24H29Cl2N3O/c1-14(2)29-22-9-15(3)18(10-19(22)16(4)12-24(29,5)6)13-27-28-23(30)17-7-8-20(25)21(26)11-17/h7-11,13-14,16H,12H2,1-6H3,(H,28,30)/b27-13-/t16-/m0/s1. The van der Waals surface area contributed by atoms with Gasteiger partial charge in [-0.15, -0.1) is 0 Å². The summed E-state index contributed by atoms with van der Waals surface area (Å²) in [7, 11) is 0.